The predicted molar refractivity (Wildman–Crippen MR) is 149 cm³/mol. The fourth-order valence-corrected chi connectivity index (χ4v) is 5.55. The van der Waals surface area contributed by atoms with Crippen LogP contribution in [-0.2, 0) is 16.4 Å². The molecule has 0 saturated heterocycles. The van der Waals surface area contributed by atoms with Crippen LogP contribution in [0.15, 0.2) is 95.9 Å². The van der Waals surface area contributed by atoms with Crippen molar-refractivity contribution >= 4 is 49.9 Å². The Morgan fingerprint density at radius 3 is 2.50 bits per heavy atom. The molecule has 0 aliphatic rings. The van der Waals surface area contributed by atoms with Gasteiger partial charge in [0, 0.05) is 23.4 Å². The fraction of sp³-hybridized carbons (Fsp3) is 0.0714. The summed E-state index contributed by atoms with van der Waals surface area (Å²) in [6.07, 6.45) is 0.554. The molecule has 5 aromatic rings. The second kappa shape index (κ2) is 10.6. The van der Waals surface area contributed by atoms with E-state index in [0.717, 1.165) is 22.4 Å². The van der Waals surface area contributed by atoms with Gasteiger partial charge < -0.3 is 15.0 Å². The zero-order valence-electron chi connectivity index (χ0n) is 20.2. The Morgan fingerprint density at radius 1 is 0.947 bits per heavy atom. The van der Waals surface area contributed by atoms with E-state index in [9.17, 15) is 13.2 Å². The van der Waals surface area contributed by atoms with Gasteiger partial charge in [-0.2, -0.15) is 0 Å². The molecule has 0 radical (unpaired) electrons. The number of carbonyl (C=O) groups is 1. The van der Waals surface area contributed by atoms with Gasteiger partial charge in [0.05, 0.1) is 23.2 Å². The van der Waals surface area contributed by atoms with Gasteiger partial charge >= 0.3 is 0 Å². The number of hydrogen-bond donors (Lipinski definition) is 3. The molecule has 1 heterocycles. The summed E-state index contributed by atoms with van der Waals surface area (Å²) >= 11 is 6.21. The van der Waals surface area contributed by atoms with Gasteiger partial charge in [0.25, 0.3) is 15.9 Å². The van der Waals surface area contributed by atoms with E-state index in [2.05, 4.69) is 20.0 Å². The average molecular weight is 547 g/mol. The highest BCUT2D eigenvalue weighted by Gasteiger charge is 2.21. The van der Waals surface area contributed by atoms with Crippen LogP contribution in [0.25, 0.3) is 11.0 Å². The normalized spacial score (nSPS) is 11.3. The lowest BCUT2D eigenvalue weighted by Gasteiger charge is -2.12. The minimum absolute atomic E-state index is 0.00427. The van der Waals surface area contributed by atoms with Gasteiger partial charge in [0.2, 0.25) is 0 Å². The minimum atomic E-state index is -4.06. The van der Waals surface area contributed by atoms with Gasteiger partial charge in [-0.05, 0) is 72.3 Å². The molecule has 0 saturated carbocycles. The van der Waals surface area contributed by atoms with E-state index in [4.69, 9.17) is 16.3 Å². The molecule has 0 spiro atoms. The third-order valence-electron chi connectivity index (χ3n) is 5.82. The quantitative estimate of drug-likeness (QED) is 0.225. The highest BCUT2D eigenvalue weighted by molar-refractivity contribution is 7.92. The monoisotopic (exact) mass is 546 g/mol. The van der Waals surface area contributed by atoms with Crippen molar-refractivity contribution in [3.8, 4) is 5.75 Å². The highest BCUT2D eigenvalue weighted by Crippen LogP contribution is 2.26. The van der Waals surface area contributed by atoms with Crippen LogP contribution in [0.5, 0.6) is 5.75 Å². The van der Waals surface area contributed by atoms with Crippen LogP contribution in [0, 0.1) is 0 Å². The van der Waals surface area contributed by atoms with Crippen molar-refractivity contribution in [3.63, 3.8) is 0 Å². The fourth-order valence-electron chi connectivity index (χ4n) is 3.96. The lowest BCUT2D eigenvalue weighted by molar-refractivity contribution is 0.102. The predicted octanol–water partition coefficient (Wildman–Crippen LogP) is 5.87. The van der Waals surface area contributed by atoms with Crippen LogP contribution in [0.2, 0.25) is 5.02 Å². The van der Waals surface area contributed by atoms with Crippen molar-refractivity contribution in [1.29, 1.82) is 0 Å². The number of hydrogen-bond acceptors (Lipinski definition) is 5. The summed E-state index contributed by atoms with van der Waals surface area (Å²) in [6, 6.07) is 25.7. The van der Waals surface area contributed by atoms with Crippen LogP contribution >= 0.6 is 11.6 Å². The van der Waals surface area contributed by atoms with E-state index < -0.39 is 15.9 Å². The molecule has 8 nitrogen and oxygen atoms in total. The van der Waals surface area contributed by atoms with E-state index in [1.165, 1.54) is 25.3 Å². The van der Waals surface area contributed by atoms with Gasteiger partial charge in [-0.25, -0.2) is 13.4 Å². The van der Waals surface area contributed by atoms with Crippen LogP contribution < -0.4 is 14.8 Å². The van der Waals surface area contributed by atoms with Crippen LogP contribution in [0.1, 0.15) is 21.7 Å². The molecule has 192 valence electrons. The molecule has 0 bridgehead atoms. The standard InChI is InChI=1S/C28H23ClN4O4S/c1-37-22-12-10-20(11-13-22)33-38(35,36)26-17-19(9-14-23(26)29)28(34)30-21-6-4-5-18(15-21)16-27-31-24-7-2-3-8-25(24)32-27/h2-15,17,33H,16H2,1H3,(H,30,34)(H,31,32). The Balaban J connectivity index is 1.32. The van der Waals surface area contributed by atoms with E-state index in [1.807, 2.05) is 42.5 Å². The number of nitrogens with one attached hydrogen (secondary N) is 3. The Morgan fingerprint density at radius 2 is 1.74 bits per heavy atom. The number of fused-ring (bicyclic) bond motifs is 1. The number of sulfonamides is 1. The van der Waals surface area contributed by atoms with Crippen molar-refractivity contribution in [2.45, 2.75) is 11.3 Å². The molecule has 38 heavy (non-hydrogen) atoms. The SMILES string of the molecule is COc1ccc(NS(=O)(=O)c2cc(C(=O)Nc3cccc(Cc4nc5ccccc5[nH]4)c3)ccc2Cl)cc1. The zero-order valence-corrected chi connectivity index (χ0v) is 21.8. The van der Waals surface area contributed by atoms with E-state index >= 15 is 0 Å². The van der Waals surface area contributed by atoms with Crippen molar-refractivity contribution < 1.29 is 17.9 Å². The number of amides is 1. The molecule has 1 amide bonds. The number of ether oxygens (including phenoxy) is 1. The number of aromatic nitrogens is 2. The Labute approximate surface area is 224 Å². The number of methoxy groups -OCH3 is 1. The maximum Gasteiger partial charge on any atom is 0.263 e. The van der Waals surface area contributed by atoms with Gasteiger partial charge in [-0.1, -0.05) is 35.9 Å². The third kappa shape index (κ3) is 5.64. The summed E-state index contributed by atoms with van der Waals surface area (Å²) in [5.41, 5.74) is 3.85. The van der Waals surface area contributed by atoms with E-state index in [0.29, 0.717) is 23.5 Å². The first kappa shape index (κ1) is 25.3. The molecule has 0 fully saturated rings. The molecule has 4 aromatic carbocycles. The topological polar surface area (TPSA) is 113 Å². The van der Waals surface area contributed by atoms with Crippen LogP contribution in [0.4, 0.5) is 11.4 Å². The average Bonchev–Trinajstić information content (AvgIpc) is 3.31. The summed E-state index contributed by atoms with van der Waals surface area (Å²) in [6.45, 7) is 0. The molecular formula is C28H23ClN4O4S. The maximum atomic E-state index is 13.0. The number of aromatic amines is 1. The third-order valence-corrected chi connectivity index (χ3v) is 7.68. The van der Waals surface area contributed by atoms with Crippen LogP contribution in [-0.4, -0.2) is 31.4 Å². The molecule has 1 aromatic heterocycles. The Bertz CT molecular complexity index is 1700. The number of carbonyl (C=O) groups excluding carboxylic acids is 1. The van der Waals surface area contributed by atoms with Gasteiger partial charge in [-0.15, -0.1) is 0 Å². The summed E-state index contributed by atoms with van der Waals surface area (Å²) in [5, 5.41) is 2.83. The maximum absolute atomic E-state index is 13.0. The van der Waals surface area contributed by atoms with Crippen LogP contribution in [0.3, 0.4) is 0 Å². The van der Waals surface area contributed by atoms with Crippen molar-refractivity contribution in [2.24, 2.45) is 0 Å². The lowest BCUT2D eigenvalue weighted by Crippen LogP contribution is -2.16. The first-order valence-corrected chi connectivity index (χ1v) is 13.5. The number of halogens is 1. The Hall–Kier alpha value is -4.34. The molecule has 10 heteroatoms. The molecule has 0 unspecified atom stereocenters. The molecule has 0 atom stereocenters. The molecule has 0 aliphatic heterocycles. The summed E-state index contributed by atoms with van der Waals surface area (Å²) in [4.78, 5) is 20.7. The van der Waals surface area contributed by atoms with E-state index in [1.54, 1.807) is 30.3 Å². The Kier molecular flexibility index (Phi) is 7.04. The zero-order chi connectivity index (χ0) is 26.7. The van der Waals surface area contributed by atoms with Crippen molar-refractivity contribution in [3.05, 3.63) is 113 Å². The lowest BCUT2D eigenvalue weighted by atomic mass is 10.1. The second-order valence-electron chi connectivity index (χ2n) is 8.51. The number of nitrogens with zero attached hydrogens (tertiary/aromatic N) is 1. The number of H-pyrrole nitrogens is 1. The number of benzene rings is 4. The van der Waals surface area contributed by atoms with Gasteiger partial charge in [0.1, 0.15) is 16.5 Å². The summed E-state index contributed by atoms with van der Waals surface area (Å²) in [7, 11) is -2.54. The number of rotatable bonds is 8. The summed E-state index contributed by atoms with van der Waals surface area (Å²) in [5.74, 6) is 0.932. The van der Waals surface area contributed by atoms with Crippen molar-refractivity contribution in [1.82, 2.24) is 9.97 Å². The highest BCUT2D eigenvalue weighted by atomic mass is 35.5. The number of imidazole rings is 1. The first-order valence-electron chi connectivity index (χ1n) is 11.6. The molecule has 5 rings (SSSR count). The van der Waals surface area contributed by atoms with Gasteiger partial charge in [-0.3, -0.25) is 9.52 Å². The first-order chi connectivity index (χ1) is 18.3. The number of para-hydroxylation sites is 2. The van der Waals surface area contributed by atoms with Crippen molar-refractivity contribution in [2.75, 3.05) is 17.1 Å². The summed E-state index contributed by atoms with van der Waals surface area (Å²) < 4.78 is 33.6. The molecule has 3 N–H and O–H groups in total. The minimum Gasteiger partial charge on any atom is -0.497 e. The smallest absolute Gasteiger partial charge is 0.263 e. The van der Waals surface area contributed by atoms with E-state index in [-0.39, 0.29) is 15.5 Å². The second-order valence-corrected chi connectivity index (χ2v) is 10.6. The van der Waals surface area contributed by atoms with Gasteiger partial charge in [0.15, 0.2) is 0 Å². The largest absolute Gasteiger partial charge is 0.497 e. The molecule has 0 aliphatic carbocycles. The molecular weight excluding hydrogens is 524 g/mol. The number of anilines is 2.